The van der Waals surface area contributed by atoms with E-state index in [1.807, 2.05) is 6.07 Å². The molecule has 0 unspecified atom stereocenters. The van der Waals surface area contributed by atoms with Gasteiger partial charge in [-0.25, -0.2) is 4.79 Å². The minimum atomic E-state index is -0.587. The Hall–Kier alpha value is -1.79. The molecule has 2 rings (SSSR count). The maximum atomic E-state index is 11.9. The average Bonchev–Trinajstić information content (AvgIpc) is 2.45. The Morgan fingerprint density at radius 2 is 1.95 bits per heavy atom. The molecule has 0 saturated carbocycles. The summed E-state index contributed by atoms with van der Waals surface area (Å²) in [5, 5.41) is 0. The lowest BCUT2D eigenvalue weighted by Crippen LogP contribution is -2.36. The number of carbonyl (C=O) groups excluding carboxylic acids is 1. The molecular formula is C15H22N2O4. The molecule has 0 aliphatic carbocycles. The Balaban J connectivity index is 2.06. The van der Waals surface area contributed by atoms with Crippen LogP contribution in [0.1, 0.15) is 31.1 Å². The smallest absolute Gasteiger partial charge is 0.375 e. The third-order valence-corrected chi connectivity index (χ3v) is 3.00. The van der Waals surface area contributed by atoms with E-state index in [0.717, 1.165) is 18.8 Å². The quantitative estimate of drug-likeness (QED) is 0.522. The third-order valence-electron chi connectivity index (χ3n) is 3.00. The molecule has 1 aromatic carbocycles. The first kappa shape index (κ1) is 15.6. The monoisotopic (exact) mass is 294 g/mol. The molecule has 0 aromatic heterocycles. The summed E-state index contributed by atoms with van der Waals surface area (Å²) < 4.78 is 5.31. The summed E-state index contributed by atoms with van der Waals surface area (Å²) in [6, 6.07) is 5.29. The fraction of sp³-hybridized carbons (Fsp3) is 0.533. The van der Waals surface area contributed by atoms with Crippen molar-refractivity contribution in [1.82, 2.24) is 0 Å². The van der Waals surface area contributed by atoms with Crippen LogP contribution in [-0.2, 0) is 14.5 Å². The molecule has 1 aromatic rings. The number of carbonyl (C=O) groups is 1. The summed E-state index contributed by atoms with van der Waals surface area (Å²) in [6.45, 7) is 8.42. The van der Waals surface area contributed by atoms with Crippen molar-refractivity contribution >= 4 is 17.3 Å². The van der Waals surface area contributed by atoms with Crippen LogP contribution >= 0.6 is 0 Å². The van der Waals surface area contributed by atoms with Crippen LogP contribution in [0.5, 0.6) is 0 Å². The molecule has 1 heterocycles. The van der Waals surface area contributed by atoms with E-state index in [-0.39, 0.29) is 0 Å². The topological polar surface area (TPSA) is 74.0 Å². The van der Waals surface area contributed by atoms with Crippen molar-refractivity contribution in [3.05, 3.63) is 23.8 Å². The van der Waals surface area contributed by atoms with Gasteiger partial charge in [0.15, 0.2) is 0 Å². The fourth-order valence-electron chi connectivity index (χ4n) is 1.96. The minimum absolute atomic E-state index is 0.302. The van der Waals surface area contributed by atoms with Crippen LogP contribution in [0, 0.1) is 0 Å². The normalized spacial score (nSPS) is 15.9. The predicted molar refractivity (Wildman–Crippen MR) is 80.1 cm³/mol. The van der Waals surface area contributed by atoms with Gasteiger partial charge in [0.05, 0.1) is 18.8 Å². The lowest BCUT2D eigenvalue weighted by molar-refractivity contribution is -0.301. The molecule has 0 radical (unpaired) electrons. The zero-order chi connectivity index (χ0) is 15.5. The third kappa shape index (κ3) is 4.34. The number of anilines is 2. The first-order valence-corrected chi connectivity index (χ1v) is 6.99. The van der Waals surface area contributed by atoms with E-state index in [1.165, 1.54) is 0 Å². The molecule has 0 atom stereocenters. The number of nitrogen functional groups attached to an aromatic ring is 1. The number of benzene rings is 1. The average molecular weight is 294 g/mol. The minimum Gasteiger partial charge on any atom is -0.398 e. The van der Waals surface area contributed by atoms with Crippen molar-refractivity contribution in [2.45, 2.75) is 26.4 Å². The molecule has 1 saturated heterocycles. The van der Waals surface area contributed by atoms with Gasteiger partial charge in [-0.05, 0) is 39.0 Å². The SMILES string of the molecule is CC(C)(C)OOC(=O)c1ccc(N2CCOCC2)cc1N. The van der Waals surface area contributed by atoms with Crippen LogP contribution in [0.25, 0.3) is 0 Å². The van der Waals surface area contributed by atoms with E-state index in [4.69, 9.17) is 20.2 Å². The highest BCUT2D eigenvalue weighted by atomic mass is 17.2. The number of hydrogen-bond acceptors (Lipinski definition) is 6. The number of nitrogens with two attached hydrogens (primary N) is 1. The molecule has 116 valence electrons. The Morgan fingerprint density at radius 3 is 2.52 bits per heavy atom. The number of morpholine rings is 1. The lowest BCUT2D eigenvalue weighted by Gasteiger charge is -2.29. The maximum absolute atomic E-state index is 11.9. The van der Waals surface area contributed by atoms with Gasteiger partial charge in [0.2, 0.25) is 0 Å². The molecule has 1 aliphatic heterocycles. The maximum Gasteiger partial charge on any atom is 0.375 e. The molecule has 6 heteroatoms. The highest BCUT2D eigenvalue weighted by molar-refractivity contribution is 5.95. The zero-order valence-corrected chi connectivity index (χ0v) is 12.7. The van der Waals surface area contributed by atoms with Crippen molar-refractivity contribution in [3.63, 3.8) is 0 Å². The molecule has 2 N–H and O–H groups in total. The highest BCUT2D eigenvalue weighted by Crippen LogP contribution is 2.23. The summed E-state index contributed by atoms with van der Waals surface area (Å²) in [5.74, 6) is -0.587. The van der Waals surface area contributed by atoms with Crippen LogP contribution < -0.4 is 10.6 Å². The molecule has 0 bridgehead atoms. The van der Waals surface area contributed by atoms with Gasteiger partial charge >= 0.3 is 5.97 Å². The standard InChI is InChI=1S/C15H22N2O4/c1-15(2,3)21-20-14(18)12-5-4-11(10-13(12)16)17-6-8-19-9-7-17/h4-5,10H,6-9,16H2,1-3H3. The molecule has 21 heavy (non-hydrogen) atoms. The van der Waals surface area contributed by atoms with Gasteiger partial charge in [-0.1, -0.05) is 0 Å². The lowest BCUT2D eigenvalue weighted by atomic mass is 10.1. The zero-order valence-electron chi connectivity index (χ0n) is 12.7. The number of hydrogen-bond donors (Lipinski definition) is 1. The van der Waals surface area contributed by atoms with Gasteiger partial charge in [-0.15, -0.1) is 0 Å². The highest BCUT2D eigenvalue weighted by Gasteiger charge is 2.19. The van der Waals surface area contributed by atoms with Crippen LogP contribution in [-0.4, -0.2) is 37.9 Å². The van der Waals surface area contributed by atoms with Gasteiger partial charge in [0.1, 0.15) is 5.60 Å². The molecular weight excluding hydrogens is 272 g/mol. The molecule has 1 aliphatic rings. The number of rotatable bonds is 3. The Morgan fingerprint density at radius 1 is 1.29 bits per heavy atom. The van der Waals surface area contributed by atoms with Gasteiger partial charge in [0.25, 0.3) is 0 Å². The van der Waals surface area contributed by atoms with E-state index in [9.17, 15) is 4.79 Å². The fourth-order valence-corrected chi connectivity index (χ4v) is 1.96. The van der Waals surface area contributed by atoms with Crippen LogP contribution in [0.4, 0.5) is 11.4 Å². The first-order chi connectivity index (χ1) is 9.87. The Bertz CT molecular complexity index is 505. The van der Waals surface area contributed by atoms with Crippen LogP contribution in [0.3, 0.4) is 0 Å². The second-order valence-corrected chi connectivity index (χ2v) is 5.94. The van der Waals surface area contributed by atoms with Crippen molar-refractivity contribution in [3.8, 4) is 0 Å². The van der Waals surface area contributed by atoms with Gasteiger partial charge in [-0.3, -0.25) is 4.89 Å². The van der Waals surface area contributed by atoms with E-state index in [1.54, 1.807) is 32.9 Å². The molecule has 0 amide bonds. The van der Waals surface area contributed by atoms with E-state index < -0.39 is 11.6 Å². The molecule has 6 nitrogen and oxygen atoms in total. The van der Waals surface area contributed by atoms with Gasteiger partial charge in [0, 0.05) is 24.5 Å². The summed E-state index contributed by atoms with van der Waals surface area (Å²) >= 11 is 0. The number of ether oxygens (including phenoxy) is 1. The van der Waals surface area contributed by atoms with Crippen LogP contribution in [0.15, 0.2) is 18.2 Å². The predicted octanol–water partition coefficient (Wildman–Crippen LogP) is 1.99. The summed E-state index contributed by atoms with van der Waals surface area (Å²) in [6.07, 6.45) is 0. The van der Waals surface area contributed by atoms with Gasteiger partial charge in [-0.2, -0.15) is 4.89 Å². The van der Waals surface area contributed by atoms with Gasteiger partial charge < -0.3 is 15.4 Å². The van der Waals surface area contributed by atoms with E-state index in [0.29, 0.717) is 24.5 Å². The van der Waals surface area contributed by atoms with Crippen molar-refractivity contribution in [2.24, 2.45) is 0 Å². The second kappa shape index (κ2) is 6.32. The summed E-state index contributed by atoms with van der Waals surface area (Å²) in [5.41, 5.74) is 7.05. The number of nitrogens with zero attached hydrogens (tertiary/aromatic N) is 1. The van der Waals surface area contributed by atoms with Crippen molar-refractivity contribution in [1.29, 1.82) is 0 Å². The van der Waals surface area contributed by atoms with E-state index in [2.05, 4.69) is 4.90 Å². The largest absolute Gasteiger partial charge is 0.398 e. The Labute approximate surface area is 124 Å². The Kier molecular flexibility index (Phi) is 4.69. The second-order valence-electron chi connectivity index (χ2n) is 5.94. The molecule has 1 fully saturated rings. The summed E-state index contributed by atoms with van der Waals surface area (Å²) in [7, 11) is 0. The van der Waals surface area contributed by atoms with E-state index >= 15 is 0 Å². The first-order valence-electron chi connectivity index (χ1n) is 6.99. The van der Waals surface area contributed by atoms with Crippen LogP contribution in [0.2, 0.25) is 0 Å². The molecule has 0 spiro atoms. The van der Waals surface area contributed by atoms with Crippen molar-refractivity contribution in [2.75, 3.05) is 36.9 Å². The summed E-state index contributed by atoms with van der Waals surface area (Å²) in [4.78, 5) is 23.9. The van der Waals surface area contributed by atoms with Crippen molar-refractivity contribution < 1.29 is 19.3 Å².